The molecular formula is C15H24Cl2N2O2S. The van der Waals surface area contributed by atoms with Crippen molar-refractivity contribution in [2.24, 2.45) is 0 Å². The summed E-state index contributed by atoms with van der Waals surface area (Å²) in [5.74, 6) is 0.200. The molecule has 1 N–H and O–H groups in total. The maximum absolute atomic E-state index is 12.0. The molecule has 1 saturated heterocycles. The van der Waals surface area contributed by atoms with E-state index in [0.717, 1.165) is 30.2 Å². The van der Waals surface area contributed by atoms with Crippen LogP contribution in [0, 0.1) is 0 Å². The Balaban J connectivity index is 0.00000242. The predicted molar refractivity (Wildman–Crippen MR) is 94.8 cm³/mol. The molecule has 1 heterocycles. The average Bonchev–Trinajstić information content (AvgIpc) is 2.46. The first-order valence-electron chi connectivity index (χ1n) is 7.32. The summed E-state index contributed by atoms with van der Waals surface area (Å²) in [6.07, 6.45) is 0. The van der Waals surface area contributed by atoms with Crippen LogP contribution < -0.4 is 5.32 Å². The van der Waals surface area contributed by atoms with Crippen LogP contribution in [0.4, 0.5) is 0 Å². The van der Waals surface area contributed by atoms with E-state index < -0.39 is 9.84 Å². The minimum atomic E-state index is -3.01. The molecular weight excluding hydrogens is 343 g/mol. The molecule has 0 saturated carbocycles. The standard InChI is InChI=1S/C15H23ClN2O2S.ClH/c1-12(2)21(19,20)10-9-18-8-7-17-11-15(18)13-5-3-4-6-14(13)16;/h3-6,12,15,17H,7-11H2,1-2H3;1H. The fourth-order valence-electron chi connectivity index (χ4n) is 2.55. The summed E-state index contributed by atoms with van der Waals surface area (Å²) in [7, 11) is -3.01. The van der Waals surface area contributed by atoms with E-state index in [0.29, 0.717) is 6.54 Å². The van der Waals surface area contributed by atoms with Crippen LogP contribution in [0.15, 0.2) is 24.3 Å². The maximum Gasteiger partial charge on any atom is 0.153 e. The van der Waals surface area contributed by atoms with Gasteiger partial charge >= 0.3 is 0 Å². The second-order valence-corrected chi connectivity index (χ2v) is 8.78. The Morgan fingerprint density at radius 3 is 2.68 bits per heavy atom. The SMILES string of the molecule is CC(C)S(=O)(=O)CCN1CCNCC1c1ccccc1Cl.Cl. The molecule has 1 aliphatic rings. The van der Waals surface area contributed by atoms with E-state index in [9.17, 15) is 8.42 Å². The third-order valence-electron chi connectivity index (χ3n) is 4.00. The van der Waals surface area contributed by atoms with E-state index >= 15 is 0 Å². The maximum atomic E-state index is 12.0. The quantitative estimate of drug-likeness (QED) is 0.869. The Morgan fingerprint density at radius 1 is 1.36 bits per heavy atom. The number of rotatable bonds is 5. The summed E-state index contributed by atoms with van der Waals surface area (Å²) < 4.78 is 24.0. The number of piperazine rings is 1. The van der Waals surface area contributed by atoms with Gasteiger partial charge in [-0.2, -0.15) is 0 Å². The molecule has 0 radical (unpaired) electrons. The third kappa shape index (κ3) is 4.83. The van der Waals surface area contributed by atoms with Crippen molar-refractivity contribution in [3.63, 3.8) is 0 Å². The van der Waals surface area contributed by atoms with Crippen molar-refractivity contribution in [2.75, 3.05) is 31.9 Å². The minimum Gasteiger partial charge on any atom is -0.314 e. The Bertz CT molecular complexity index is 579. The van der Waals surface area contributed by atoms with Crippen LogP contribution in [0.5, 0.6) is 0 Å². The molecule has 0 aromatic heterocycles. The predicted octanol–water partition coefficient (Wildman–Crippen LogP) is 2.53. The Kier molecular flexibility index (Phi) is 7.62. The van der Waals surface area contributed by atoms with Crippen LogP contribution >= 0.6 is 24.0 Å². The van der Waals surface area contributed by atoms with Gasteiger partial charge in [-0.25, -0.2) is 8.42 Å². The van der Waals surface area contributed by atoms with Gasteiger partial charge in [0.15, 0.2) is 9.84 Å². The van der Waals surface area contributed by atoms with Crippen LogP contribution in [-0.4, -0.2) is 50.5 Å². The van der Waals surface area contributed by atoms with Crippen LogP contribution in [0.25, 0.3) is 0 Å². The summed E-state index contributed by atoms with van der Waals surface area (Å²) in [6, 6.07) is 7.92. The van der Waals surface area contributed by atoms with E-state index in [1.54, 1.807) is 13.8 Å². The highest BCUT2D eigenvalue weighted by atomic mass is 35.5. The molecule has 1 fully saturated rings. The number of sulfone groups is 1. The highest BCUT2D eigenvalue weighted by Gasteiger charge is 2.27. The smallest absolute Gasteiger partial charge is 0.153 e. The van der Waals surface area contributed by atoms with Crippen molar-refractivity contribution in [1.82, 2.24) is 10.2 Å². The molecule has 4 nitrogen and oxygen atoms in total. The first-order valence-corrected chi connectivity index (χ1v) is 9.42. The van der Waals surface area contributed by atoms with Crippen LogP contribution in [0.1, 0.15) is 25.5 Å². The second-order valence-electron chi connectivity index (χ2n) is 5.69. The summed E-state index contributed by atoms with van der Waals surface area (Å²) >= 11 is 6.29. The normalized spacial score (nSPS) is 19.9. The van der Waals surface area contributed by atoms with Gasteiger partial charge in [-0.15, -0.1) is 12.4 Å². The molecule has 1 unspecified atom stereocenters. The van der Waals surface area contributed by atoms with Crippen LogP contribution in [-0.2, 0) is 9.84 Å². The fourth-order valence-corrected chi connectivity index (χ4v) is 3.77. The van der Waals surface area contributed by atoms with Crippen molar-refractivity contribution < 1.29 is 8.42 Å². The van der Waals surface area contributed by atoms with Crippen LogP contribution in [0.2, 0.25) is 5.02 Å². The first-order chi connectivity index (χ1) is 9.92. The average molecular weight is 367 g/mol. The molecule has 1 aliphatic heterocycles. The molecule has 1 aromatic rings. The lowest BCUT2D eigenvalue weighted by molar-refractivity contribution is 0.172. The molecule has 7 heteroatoms. The van der Waals surface area contributed by atoms with Gasteiger partial charge in [-0.1, -0.05) is 29.8 Å². The monoisotopic (exact) mass is 366 g/mol. The summed E-state index contributed by atoms with van der Waals surface area (Å²) in [5, 5.41) is 3.78. The van der Waals surface area contributed by atoms with Gasteiger partial charge in [-0.3, -0.25) is 4.90 Å². The van der Waals surface area contributed by atoms with Gasteiger partial charge in [0, 0.05) is 37.2 Å². The zero-order chi connectivity index (χ0) is 15.5. The fraction of sp³-hybridized carbons (Fsp3) is 0.600. The number of halogens is 2. The largest absolute Gasteiger partial charge is 0.314 e. The van der Waals surface area contributed by atoms with E-state index in [1.807, 2.05) is 24.3 Å². The van der Waals surface area contributed by atoms with E-state index in [-0.39, 0.29) is 29.5 Å². The van der Waals surface area contributed by atoms with Gasteiger partial charge in [0.1, 0.15) is 0 Å². The number of nitrogens with one attached hydrogen (secondary N) is 1. The molecule has 0 spiro atoms. The number of nitrogens with zero attached hydrogens (tertiary/aromatic N) is 1. The Morgan fingerprint density at radius 2 is 2.05 bits per heavy atom. The third-order valence-corrected chi connectivity index (χ3v) is 6.53. The lowest BCUT2D eigenvalue weighted by Crippen LogP contribution is -2.47. The van der Waals surface area contributed by atoms with Gasteiger partial charge < -0.3 is 5.32 Å². The molecule has 1 atom stereocenters. The van der Waals surface area contributed by atoms with Crippen molar-refractivity contribution in [3.05, 3.63) is 34.9 Å². The lowest BCUT2D eigenvalue weighted by atomic mass is 10.0. The van der Waals surface area contributed by atoms with E-state index in [1.165, 1.54) is 0 Å². The first kappa shape index (κ1) is 19.7. The molecule has 0 bridgehead atoms. The van der Waals surface area contributed by atoms with E-state index in [2.05, 4.69) is 10.2 Å². The zero-order valence-electron chi connectivity index (χ0n) is 13.0. The summed E-state index contributed by atoms with van der Waals surface area (Å²) in [5.41, 5.74) is 1.06. The van der Waals surface area contributed by atoms with Gasteiger partial charge in [0.05, 0.1) is 11.0 Å². The number of hydrogen-bond acceptors (Lipinski definition) is 4. The van der Waals surface area contributed by atoms with Gasteiger partial charge in [0.2, 0.25) is 0 Å². The second kappa shape index (κ2) is 8.50. The summed E-state index contributed by atoms with van der Waals surface area (Å²) in [6.45, 7) is 6.53. The number of hydrogen-bond donors (Lipinski definition) is 1. The van der Waals surface area contributed by atoms with E-state index in [4.69, 9.17) is 11.6 Å². The molecule has 2 rings (SSSR count). The molecule has 22 heavy (non-hydrogen) atoms. The van der Waals surface area contributed by atoms with Gasteiger partial charge in [0.25, 0.3) is 0 Å². The molecule has 0 aliphatic carbocycles. The summed E-state index contributed by atoms with van der Waals surface area (Å²) in [4.78, 5) is 2.22. The lowest BCUT2D eigenvalue weighted by Gasteiger charge is -2.37. The van der Waals surface area contributed by atoms with Crippen molar-refractivity contribution >= 4 is 33.8 Å². The minimum absolute atomic E-state index is 0. The molecule has 0 amide bonds. The van der Waals surface area contributed by atoms with Crippen LogP contribution in [0.3, 0.4) is 0 Å². The Labute approximate surface area is 144 Å². The van der Waals surface area contributed by atoms with Crippen molar-refractivity contribution in [2.45, 2.75) is 25.1 Å². The molecule has 1 aromatic carbocycles. The Hall–Kier alpha value is -0.330. The molecule has 126 valence electrons. The zero-order valence-corrected chi connectivity index (χ0v) is 15.3. The van der Waals surface area contributed by atoms with Crippen molar-refractivity contribution in [1.29, 1.82) is 0 Å². The number of benzene rings is 1. The topological polar surface area (TPSA) is 49.4 Å². The van der Waals surface area contributed by atoms with Gasteiger partial charge in [-0.05, 0) is 25.5 Å². The highest BCUT2D eigenvalue weighted by Crippen LogP contribution is 2.28. The highest BCUT2D eigenvalue weighted by molar-refractivity contribution is 7.92. The van der Waals surface area contributed by atoms with Crippen molar-refractivity contribution in [3.8, 4) is 0 Å².